The van der Waals surface area contributed by atoms with Gasteiger partial charge in [-0.2, -0.15) is 0 Å². The van der Waals surface area contributed by atoms with E-state index < -0.39 is 4.92 Å². The second kappa shape index (κ2) is 5.60. The highest BCUT2D eigenvalue weighted by molar-refractivity contribution is 6.37. The lowest BCUT2D eigenvalue weighted by Crippen LogP contribution is -2.20. The number of hydrogen-bond acceptors (Lipinski definition) is 3. The van der Waals surface area contributed by atoms with Crippen LogP contribution in [0, 0.1) is 21.4 Å². The van der Waals surface area contributed by atoms with Crippen molar-refractivity contribution in [3.05, 3.63) is 56.3 Å². The van der Waals surface area contributed by atoms with Crippen LogP contribution in [0.2, 0.25) is 10.0 Å². The summed E-state index contributed by atoms with van der Waals surface area (Å²) in [5, 5.41) is 11.1. The van der Waals surface area contributed by atoms with Crippen molar-refractivity contribution in [2.24, 2.45) is 11.3 Å². The Morgan fingerprint density at radius 2 is 1.95 bits per heavy atom. The lowest BCUT2D eigenvalue weighted by molar-refractivity contribution is -0.384. The van der Waals surface area contributed by atoms with Crippen molar-refractivity contribution in [1.82, 2.24) is 0 Å². The highest BCUT2D eigenvalue weighted by atomic mass is 35.5. The van der Waals surface area contributed by atoms with E-state index in [-0.39, 0.29) is 26.9 Å². The van der Waals surface area contributed by atoms with Crippen molar-refractivity contribution in [1.29, 1.82) is 0 Å². The molecule has 0 saturated heterocycles. The van der Waals surface area contributed by atoms with Gasteiger partial charge in [-0.1, -0.05) is 42.3 Å². The molecule has 6 heteroatoms. The van der Waals surface area contributed by atoms with Gasteiger partial charge in [0.15, 0.2) is 5.75 Å². The summed E-state index contributed by atoms with van der Waals surface area (Å²) in [6.45, 7) is 2.24. The van der Waals surface area contributed by atoms with Gasteiger partial charge in [0.25, 0.3) is 5.69 Å². The van der Waals surface area contributed by atoms with Crippen LogP contribution in [-0.2, 0) is 0 Å². The molecule has 1 fully saturated rings. The lowest BCUT2D eigenvalue weighted by Gasteiger charge is -2.27. The van der Waals surface area contributed by atoms with E-state index in [0.29, 0.717) is 5.92 Å². The number of hydrogen-bond donors (Lipinski definition) is 0. The minimum absolute atomic E-state index is 0.148. The number of halogens is 2. The van der Waals surface area contributed by atoms with Gasteiger partial charge in [0.05, 0.1) is 15.0 Å². The molecule has 1 atom stereocenters. The van der Waals surface area contributed by atoms with E-state index in [4.69, 9.17) is 27.9 Å². The van der Waals surface area contributed by atoms with Gasteiger partial charge in [0.1, 0.15) is 5.76 Å². The molecule has 0 radical (unpaired) electrons. The van der Waals surface area contributed by atoms with E-state index in [2.05, 4.69) is 13.0 Å². The SMILES string of the molecule is CC1(C2CC=CC=C2Oc2c(Cl)cc([N+](=O)[O-])cc2Cl)CC1. The Labute approximate surface area is 138 Å². The fraction of sp³-hybridized carbons (Fsp3) is 0.375. The summed E-state index contributed by atoms with van der Waals surface area (Å²) in [6.07, 6.45) is 9.27. The smallest absolute Gasteiger partial charge is 0.272 e. The summed E-state index contributed by atoms with van der Waals surface area (Å²) in [7, 11) is 0. The van der Waals surface area contributed by atoms with E-state index in [9.17, 15) is 10.1 Å². The number of ether oxygens (including phenoxy) is 1. The topological polar surface area (TPSA) is 52.4 Å². The average Bonchev–Trinajstić information content (AvgIpc) is 3.22. The summed E-state index contributed by atoms with van der Waals surface area (Å²) < 4.78 is 5.95. The Morgan fingerprint density at radius 1 is 1.32 bits per heavy atom. The van der Waals surface area contributed by atoms with E-state index in [1.54, 1.807) is 0 Å². The zero-order valence-corrected chi connectivity index (χ0v) is 13.5. The molecular weight excluding hydrogens is 325 g/mol. The van der Waals surface area contributed by atoms with Gasteiger partial charge in [-0.25, -0.2) is 0 Å². The molecule has 2 aliphatic rings. The molecule has 0 bridgehead atoms. The van der Waals surface area contributed by atoms with Crippen LogP contribution >= 0.6 is 23.2 Å². The molecule has 22 heavy (non-hydrogen) atoms. The van der Waals surface area contributed by atoms with Crippen molar-refractivity contribution >= 4 is 28.9 Å². The van der Waals surface area contributed by atoms with E-state index >= 15 is 0 Å². The fourth-order valence-electron chi connectivity index (χ4n) is 2.76. The monoisotopic (exact) mass is 339 g/mol. The molecule has 1 aromatic carbocycles. The molecular formula is C16H15Cl2NO3. The van der Waals surface area contributed by atoms with Crippen LogP contribution in [0.5, 0.6) is 5.75 Å². The van der Waals surface area contributed by atoms with Crippen molar-refractivity contribution < 1.29 is 9.66 Å². The molecule has 4 nitrogen and oxygen atoms in total. The molecule has 1 unspecified atom stereocenters. The summed E-state index contributed by atoms with van der Waals surface area (Å²) >= 11 is 12.2. The molecule has 0 spiro atoms. The molecule has 0 amide bonds. The van der Waals surface area contributed by atoms with Gasteiger partial charge < -0.3 is 4.74 Å². The van der Waals surface area contributed by atoms with Gasteiger partial charge in [-0.05, 0) is 30.8 Å². The van der Waals surface area contributed by atoms with Crippen LogP contribution in [0.1, 0.15) is 26.2 Å². The Kier molecular flexibility index (Phi) is 3.91. The molecule has 3 rings (SSSR count). The van der Waals surface area contributed by atoms with Crippen molar-refractivity contribution in [3.8, 4) is 5.75 Å². The predicted molar refractivity (Wildman–Crippen MR) is 86.4 cm³/mol. The van der Waals surface area contributed by atoms with Crippen LogP contribution < -0.4 is 4.74 Å². The largest absolute Gasteiger partial charge is 0.458 e. The first-order valence-corrected chi connectivity index (χ1v) is 7.84. The highest BCUT2D eigenvalue weighted by Crippen LogP contribution is 2.56. The molecule has 1 aromatic rings. The Morgan fingerprint density at radius 3 is 2.50 bits per heavy atom. The van der Waals surface area contributed by atoms with E-state index in [1.165, 1.54) is 25.0 Å². The third-order valence-corrected chi connectivity index (χ3v) is 4.97. The third kappa shape index (κ3) is 2.85. The van der Waals surface area contributed by atoms with Crippen molar-refractivity contribution in [2.45, 2.75) is 26.2 Å². The number of rotatable bonds is 4. The number of nitro benzene ring substituents is 1. The molecule has 0 N–H and O–H groups in total. The fourth-order valence-corrected chi connectivity index (χ4v) is 3.31. The van der Waals surface area contributed by atoms with Crippen LogP contribution in [0.25, 0.3) is 0 Å². The molecule has 0 heterocycles. The predicted octanol–water partition coefficient (Wildman–Crippen LogP) is 5.54. The molecule has 0 aliphatic heterocycles. The molecule has 116 valence electrons. The second-order valence-corrected chi connectivity index (χ2v) is 6.85. The van der Waals surface area contributed by atoms with E-state index in [0.717, 1.165) is 12.2 Å². The minimum atomic E-state index is -0.530. The normalized spacial score (nSPS) is 22.1. The minimum Gasteiger partial charge on any atom is -0.458 e. The molecule has 1 saturated carbocycles. The van der Waals surface area contributed by atoms with Gasteiger partial charge in [0.2, 0.25) is 0 Å². The average molecular weight is 340 g/mol. The van der Waals surface area contributed by atoms with Crippen molar-refractivity contribution in [2.75, 3.05) is 0 Å². The number of nitrogens with zero attached hydrogens (tertiary/aromatic N) is 1. The van der Waals surface area contributed by atoms with Gasteiger partial charge in [-0.15, -0.1) is 0 Å². The zero-order chi connectivity index (χ0) is 15.9. The Balaban J connectivity index is 1.90. The lowest BCUT2D eigenvalue weighted by atomic mass is 9.84. The van der Waals surface area contributed by atoms with E-state index in [1.807, 2.05) is 12.2 Å². The van der Waals surface area contributed by atoms with Gasteiger partial charge in [0, 0.05) is 18.1 Å². The molecule has 0 aromatic heterocycles. The van der Waals surface area contributed by atoms with Gasteiger partial charge >= 0.3 is 0 Å². The van der Waals surface area contributed by atoms with Crippen LogP contribution in [0.15, 0.2) is 36.1 Å². The standard InChI is InChI=1S/C16H15Cl2NO3/c1-16(6-7-16)11-4-2-3-5-14(11)22-15-12(17)8-10(19(20)21)9-13(15)18/h2-3,5,8-9,11H,4,6-7H2,1H3. The summed E-state index contributed by atoms with van der Waals surface area (Å²) in [5.74, 6) is 1.39. The first-order valence-electron chi connectivity index (χ1n) is 7.09. The van der Waals surface area contributed by atoms with Gasteiger partial charge in [-0.3, -0.25) is 10.1 Å². The highest BCUT2D eigenvalue weighted by Gasteiger charge is 2.47. The Hall–Kier alpha value is -1.52. The summed E-state index contributed by atoms with van der Waals surface area (Å²) in [5.41, 5.74) is 0.113. The zero-order valence-electron chi connectivity index (χ0n) is 12.0. The third-order valence-electron chi connectivity index (χ3n) is 4.41. The first-order chi connectivity index (χ1) is 10.4. The number of non-ortho nitro benzene ring substituents is 1. The van der Waals surface area contributed by atoms with Crippen LogP contribution in [0.4, 0.5) is 5.69 Å². The van der Waals surface area contributed by atoms with Crippen LogP contribution in [-0.4, -0.2) is 4.92 Å². The maximum atomic E-state index is 10.8. The first kappa shape index (κ1) is 15.4. The van der Waals surface area contributed by atoms with Crippen LogP contribution in [0.3, 0.4) is 0 Å². The second-order valence-electron chi connectivity index (χ2n) is 6.04. The molecule has 2 aliphatic carbocycles. The maximum Gasteiger partial charge on any atom is 0.272 e. The van der Waals surface area contributed by atoms with Crippen molar-refractivity contribution in [3.63, 3.8) is 0 Å². The Bertz CT molecular complexity index is 670. The number of nitro groups is 1. The number of benzene rings is 1. The quantitative estimate of drug-likeness (QED) is 0.534. The summed E-state index contributed by atoms with van der Waals surface area (Å²) in [6, 6.07) is 2.52. The number of allylic oxidation sites excluding steroid dienone is 4. The maximum absolute atomic E-state index is 10.8. The summed E-state index contributed by atoms with van der Waals surface area (Å²) in [4.78, 5) is 10.3.